The summed E-state index contributed by atoms with van der Waals surface area (Å²) in [5, 5.41) is 17.0. The summed E-state index contributed by atoms with van der Waals surface area (Å²) >= 11 is 0. The Morgan fingerprint density at radius 2 is 0.958 bits per heavy atom. The van der Waals surface area contributed by atoms with E-state index in [9.17, 15) is 9.59 Å². The van der Waals surface area contributed by atoms with E-state index in [1.807, 2.05) is 0 Å². The van der Waals surface area contributed by atoms with Crippen LogP contribution in [0, 0.1) is 0 Å². The molecule has 0 unspecified atom stereocenters. The molecular formula is C20H36O4. The van der Waals surface area contributed by atoms with Crippen molar-refractivity contribution in [3.05, 3.63) is 12.2 Å². The van der Waals surface area contributed by atoms with Crippen molar-refractivity contribution in [2.45, 2.75) is 103 Å². The van der Waals surface area contributed by atoms with Gasteiger partial charge in [-0.2, -0.15) is 0 Å². The molecule has 0 bridgehead atoms. The average Bonchev–Trinajstić information content (AvgIpc) is 2.53. The van der Waals surface area contributed by atoms with Gasteiger partial charge in [0.15, 0.2) is 0 Å². The number of rotatable bonds is 18. The van der Waals surface area contributed by atoms with Crippen molar-refractivity contribution in [3.63, 3.8) is 0 Å². The van der Waals surface area contributed by atoms with E-state index in [4.69, 9.17) is 10.2 Å². The van der Waals surface area contributed by atoms with E-state index in [1.54, 1.807) is 6.08 Å². The first-order valence-corrected chi connectivity index (χ1v) is 9.74. The zero-order chi connectivity index (χ0) is 17.9. The molecule has 0 saturated heterocycles. The number of unbranched alkanes of at least 4 members (excludes halogenated alkanes) is 14. The molecule has 0 heterocycles. The highest BCUT2D eigenvalue weighted by Crippen LogP contribution is 2.13. The fourth-order valence-electron chi connectivity index (χ4n) is 2.84. The zero-order valence-corrected chi connectivity index (χ0v) is 15.2. The molecule has 0 saturated carbocycles. The van der Waals surface area contributed by atoms with Gasteiger partial charge in [-0.3, -0.25) is 4.79 Å². The van der Waals surface area contributed by atoms with Crippen molar-refractivity contribution in [2.75, 3.05) is 0 Å². The van der Waals surface area contributed by atoms with Gasteiger partial charge in [0.25, 0.3) is 0 Å². The van der Waals surface area contributed by atoms with Crippen molar-refractivity contribution < 1.29 is 19.8 Å². The minimum absolute atomic E-state index is 0.318. The van der Waals surface area contributed by atoms with Crippen LogP contribution in [-0.4, -0.2) is 22.2 Å². The van der Waals surface area contributed by atoms with Crippen LogP contribution in [-0.2, 0) is 9.59 Å². The molecule has 0 aliphatic heterocycles. The summed E-state index contributed by atoms with van der Waals surface area (Å²) < 4.78 is 0. The molecule has 0 radical (unpaired) electrons. The molecule has 2 N–H and O–H groups in total. The van der Waals surface area contributed by atoms with E-state index in [1.165, 1.54) is 76.7 Å². The molecule has 0 atom stereocenters. The average molecular weight is 341 g/mol. The number of carboxylic acid groups (broad SMARTS) is 2. The lowest BCUT2D eigenvalue weighted by molar-refractivity contribution is -0.137. The van der Waals surface area contributed by atoms with Gasteiger partial charge in [-0.15, -0.1) is 0 Å². The first-order chi connectivity index (χ1) is 11.6. The van der Waals surface area contributed by atoms with Crippen LogP contribution in [0.25, 0.3) is 0 Å². The highest BCUT2D eigenvalue weighted by molar-refractivity contribution is 5.79. The SMILES string of the molecule is O=C(O)/C=C/CCCCCCCCCCCCCCCCC(=O)O. The number of carbonyl (C=O) groups is 2. The minimum Gasteiger partial charge on any atom is -0.481 e. The van der Waals surface area contributed by atoms with Crippen molar-refractivity contribution >= 4 is 11.9 Å². The van der Waals surface area contributed by atoms with E-state index in [0.717, 1.165) is 25.7 Å². The van der Waals surface area contributed by atoms with Gasteiger partial charge in [-0.25, -0.2) is 4.79 Å². The van der Waals surface area contributed by atoms with Crippen molar-refractivity contribution in [3.8, 4) is 0 Å². The Bertz CT molecular complexity index is 337. The number of hydrogen-bond donors (Lipinski definition) is 2. The lowest BCUT2D eigenvalue weighted by Gasteiger charge is -2.03. The molecule has 24 heavy (non-hydrogen) atoms. The Hall–Kier alpha value is -1.32. The molecular weight excluding hydrogens is 304 g/mol. The summed E-state index contributed by atoms with van der Waals surface area (Å²) in [4.78, 5) is 20.6. The molecule has 0 amide bonds. The minimum atomic E-state index is -0.854. The van der Waals surface area contributed by atoms with Gasteiger partial charge >= 0.3 is 11.9 Å². The monoisotopic (exact) mass is 340 g/mol. The van der Waals surface area contributed by atoms with Crippen LogP contribution in [0.1, 0.15) is 103 Å². The van der Waals surface area contributed by atoms with Gasteiger partial charge < -0.3 is 10.2 Å². The van der Waals surface area contributed by atoms with Gasteiger partial charge in [-0.1, -0.05) is 83.1 Å². The van der Waals surface area contributed by atoms with E-state index in [-0.39, 0.29) is 0 Å². The summed E-state index contributed by atoms with van der Waals surface area (Å²) in [6.07, 6.45) is 21.2. The molecule has 0 spiro atoms. The highest BCUT2D eigenvalue weighted by Gasteiger charge is 1.97. The van der Waals surface area contributed by atoms with Gasteiger partial charge in [0.2, 0.25) is 0 Å². The third-order valence-electron chi connectivity index (χ3n) is 4.27. The summed E-state index contributed by atoms with van der Waals surface area (Å²) in [6.45, 7) is 0. The zero-order valence-electron chi connectivity index (χ0n) is 15.2. The second kappa shape index (κ2) is 18.0. The second-order valence-corrected chi connectivity index (χ2v) is 6.62. The quantitative estimate of drug-likeness (QED) is 0.239. The Kier molecular flexibility index (Phi) is 17.0. The van der Waals surface area contributed by atoms with Crippen LogP contribution in [0.15, 0.2) is 12.2 Å². The normalized spacial score (nSPS) is 11.2. The molecule has 0 aromatic rings. The van der Waals surface area contributed by atoms with Crippen LogP contribution < -0.4 is 0 Å². The Morgan fingerprint density at radius 3 is 1.33 bits per heavy atom. The number of hydrogen-bond acceptors (Lipinski definition) is 2. The molecule has 0 fully saturated rings. The maximum Gasteiger partial charge on any atom is 0.327 e. The van der Waals surface area contributed by atoms with E-state index in [0.29, 0.717) is 6.42 Å². The molecule has 0 aromatic heterocycles. The fraction of sp³-hybridized carbons (Fsp3) is 0.800. The number of carboxylic acids is 2. The van der Waals surface area contributed by atoms with Crippen molar-refractivity contribution in [2.24, 2.45) is 0 Å². The van der Waals surface area contributed by atoms with Crippen LogP contribution in [0.5, 0.6) is 0 Å². The summed E-state index contributed by atoms with van der Waals surface area (Å²) in [5.41, 5.74) is 0. The van der Waals surface area contributed by atoms with Gasteiger partial charge in [0.1, 0.15) is 0 Å². The second-order valence-electron chi connectivity index (χ2n) is 6.62. The highest BCUT2D eigenvalue weighted by atomic mass is 16.4. The maximum atomic E-state index is 10.4. The van der Waals surface area contributed by atoms with E-state index in [2.05, 4.69) is 0 Å². The largest absolute Gasteiger partial charge is 0.481 e. The van der Waals surface area contributed by atoms with Crippen LogP contribution in [0.4, 0.5) is 0 Å². The molecule has 0 aliphatic carbocycles. The van der Waals surface area contributed by atoms with Crippen LogP contribution in [0.2, 0.25) is 0 Å². The Morgan fingerprint density at radius 1 is 0.583 bits per heavy atom. The van der Waals surface area contributed by atoms with Crippen molar-refractivity contribution in [1.82, 2.24) is 0 Å². The molecule has 140 valence electrons. The lowest BCUT2D eigenvalue weighted by atomic mass is 10.0. The standard InChI is InChI=1S/C20H36O4/c21-19(22)17-15-13-11-9-7-5-3-1-2-4-6-8-10-12-14-16-18-20(23)24/h15,17H,1-14,16,18H2,(H,21,22)(H,23,24)/b17-15+. The summed E-state index contributed by atoms with van der Waals surface area (Å²) in [7, 11) is 0. The summed E-state index contributed by atoms with van der Waals surface area (Å²) in [6, 6.07) is 0. The van der Waals surface area contributed by atoms with E-state index < -0.39 is 11.9 Å². The van der Waals surface area contributed by atoms with Gasteiger partial charge in [0, 0.05) is 12.5 Å². The number of aliphatic carboxylic acids is 2. The molecule has 0 aromatic carbocycles. The third kappa shape index (κ3) is 20.7. The summed E-state index contributed by atoms with van der Waals surface area (Å²) in [5.74, 6) is -1.53. The molecule has 0 aliphatic rings. The predicted octanol–water partition coefficient (Wildman–Crippen LogP) is 5.95. The van der Waals surface area contributed by atoms with Gasteiger partial charge in [0.05, 0.1) is 0 Å². The number of allylic oxidation sites excluding steroid dienone is 1. The van der Waals surface area contributed by atoms with Crippen LogP contribution in [0.3, 0.4) is 0 Å². The smallest absolute Gasteiger partial charge is 0.327 e. The maximum absolute atomic E-state index is 10.4. The third-order valence-corrected chi connectivity index (χ3v) is 4.27. The topological polar surface area (TPSA) is 74.6 Å². The lowest BCUT2D eigenvalue weighted by Crippen LogP contribution is -1.93. The van der Waals surface area contributed by atoms with Gasteiger partial charge in [-0.05, 0) is 19.3 Å². The van der Waals surface area contributed by atoms with E-state index >= 15 is 0 Å². The first kappa shape index (κ1) is 22.7. The predicted molar refractivity (Wildman–Crippen MR) is 98.3 cm³/mol. The first-order valence-electron chi connectivity index (χ1n) is 9.74. The fourth-order valence-corrected chi connectivity index (χ4v) is 2.84. The molecule has 0 rings (SSSR count). The van der Waals surface area contributed by atoms with Crippen LogP contribution >= 0.6 is 0 Å². The Labute approximate surface area is 147 Å². The van der Waals surface area contributed by atoms with Crippen molar-refractivity contribution in [1.29, 1.82) is 0 Å². The Balaban J connectivity index is 3.05. The molecule has 4 nitrogen and oxygen atoms in total. The molecule has 4 heteroatoms.